The number of benzene rings is 1. The maximum absolute atomic E-state index is 12.6. The van der Waals surface area contributed by atoms with Crippen molar-refractivity contribution < 1.29 is 14.4 Å². The monoisotopic (exact) mass is 379 g/mol. The Bertz CT molecular complexity index is 1040. The highest BCUT2D eigenvalue weighted by Crippen LogP contribution is 2.23. The molecule has 1 fully saturated rings. The van der Waals surface area contributed by atoms with E-state index in [-0.39, 0.29) is 12.5 Å². The summed E-state index contributed by atoms with van der Waals surface area (Å²) in [5, 5.41) is 7.51. The SMILES string of the molecule is Cn1ccnc1C1(CNC(=O)c2ccc(-c3cnc[nH]3)cc2)NC(=O)NC1=O. The summed E-state index contributed by atoms with van der Waals surface area (Å²) in [5.41, 5.74) is 0.677. The molecular weight excluding hydrogens is 362 g/mol. The normalized spacial score (nSPS) is 18.6. The summed E-state index contributed by atoms with van der Waals surface area (Å²) >= 11 is 0. The molecule has 28 heavy (non-hydrogen) atoms. The third kappa shape index (κ3) is 2.90. The molecule has 4 rings (SSSR count). The lowest BCUT2D eigenvalue weighted by molar-refractivity contribution is -0.124. The van der Waals surface area contributed by atoms with Crippen molar-refractivity contribution in [1.29, 1.82) is 0 Å². The molecule has 1 atom stereocenters. The van der Waals surface area contributed by atoms with Crippen molar-refractivity contribution >= 4 is 17.8 Å². The van der Waals surface area contributed by atoms with Gasteiger partial charge in [-0.25, -0.2) is 14.8 Å². The molecule has 1 unspecified atom stereocenters. The summed E-state index contributed by atoms with van der Waals surface area (Å²) in [4.78, 5) is 47.9. The van der Waals surface area contributed by atoms with Crippen LogP contribution in [-0.2, 0) is 17.4 Å². The number of imidazole rings is 2. The van der Waals surface area contributed by atoms with E-state index in [1.807, 2.05) is 0 Å². The minimum absolute atomic E-state index is 0.142. The van der Waals surface area contributed by atoms with E-state index in [1.165, 1.54) is 6.20 Å². The number of amides is 4. The largest absolute Gasteiger partial charge is 0.349 e. The van der Waals surface area contributed by atoms with Gasteiger partial charge in [0.25, 0.3) is 11.8 Å². The molecule has 0 spiro atoms. The van der Waals surface area contributed by atoms with Gasteiger partial charge in [-0.15, -0.1) is 0 Å². The Hall–Kier alpha value is -3.95. The zero-order valence-electron chi connectivity index (χ0n) is 14.9. The number of carbonyl (C=O) groups is 3. The van der Waals surface area contributed by atoms with Crippen LogP contribution in [0.25, 0.3) is 11.3 Å². The molecule has 2 aromatic heterocycles. The number of hydrogen-bond acceptors (Lipinski definition) is 5. The number of H-pyrrole nitrogens is 1. The van der Waals surface area contributed by atoms with Crippen LogP contribution >= 0.6 is 0 Å². The first-order valence-electron chi connectivity index (χ1n) is 8.48. The second-order valence-corrected chi connectivity index (χ2v) is 6.40. The van der Waals surface area contributed by atoms with Gasteiger partial charge in [0.2, 0.25) is 0 Å². The average Bonchev–Trinajstić information content (AvgIpc) is 3.41. The van der Waals surface area contributed by atoms with E-state index < -0.39 is 17.5 Å². The van der Waals surface area contributed by atoms with Crippen LogP contribution in [0.1, 0.15) is 16.2 Å². The summed E-state index contributed by atoms with van der Waals surface area (Å²) in [6.07, 6.45) is 6.44. The Labute approximate surface area is 159 Å². The summed E-state index contributed by atoms with van der Waals surface area (Å²) in [6.45, 7) is -0.142. The fraction of sp³-hybridized carbons (Fsp3) is 0.167. The van der Waals surface area contributed by atoms with Crippen molar-refractivity contribution in [3.05, 3.63) is 60.6 Å². The lowest BCUT2D eigenvalue weighted by Gasteiger charge is -2.25. The minimum Gasteiger partial charge on any atom is -0.349 e. The van der Waals surface area contributed by atoms with Gasteiger partial charge in [-0.3, -0.25) is 14.9 Å². The van der Waals surface area contributed by atoms with Crippen LogP contribution in [0.15, 0.2) is 49.2 Å². The standard InChI is InChI=1S/C18H17N7O3/c1-25-7-6-20-15(25)18(16(27)23-17(28)24-18)9-21-14(26)12-4-2-11(3-5-12)13-8-19-10-22-13/h2-8,10H,9H2,1H3,(H,19,22)(H,21,26)(H2,23,24,27,28). The van der Waals surface area contributed by atoms with E-state index in [0.717, 1.165) is 11.3 Å². The first-order chi connectivity index (χ1) is 13.5. The first-order valence-corrected chi connectivity index (χ1v) is 8.48. The van der Waals surface area contributed by atoms with Crippen molar-refractivity contribution in [3.8, 4) is 11.3 Å². The highest BCUT2D eigenvalue weighted by atomic mass is 16.2. The number of aromatic nitrogens is 4. The minimum atomic E-state index is -1.47. The van der Waals surface area contributed by atoms with E-state index in [4.69, 9.17) is 0 Å². The van der Waals surface area contributed by atoms with Gasteiger partial charge in [0.15, 0.2) is 5.54 Å². The van der Waals surface area contributed by atoms with Crippen LogP contribution in [0, 0.1) is 0 Å². The van der Waals surface area contributed by atoms with Crippen LogP contribution in [-0.4, -0.2) is 43.9 Å². The second kappa shape index (κ2) is 6.65. The van der Waals surface area contributed by atoms with Gasteiger partial charge in [0, 0.05) is 25.0 Å². The molecule has 0 saturated carbocycles. The maximum Gasteiger partial charge on any atom is 0.322 e. The number of hydrogen-bond donors (Lipinski definition) is 4. The number of aromatic amines is 1. The van der Waals surface area contributed by atoms with Gasteiger partial charge >= 0.3 is 6.03 Å². The number of aryl methyl sites for hydroxylation is 1. The lowest BCUT2D eigenvalue weighted by Crippen LogP contribution is -2.54. The van der Waals surface area contributed by atoms with Crippen LogP contribution in [0.5, 0.6) is 0 Å². The molecule has 4 N–H and O–H groups in total. The van der Waals surface area contributed by atoms with Gasteiger partial charge in [-0.05, 0) is 17.7 Å². The molecule has 142 valence electrons. The number of imide groups is 1. The molecule has 3 aromatic rings. The molecule has 10 nitrogen and oxygen atoms in total. The predicted octanol–water partition coefficient (Wildman–Crippen LogP) is 0.275. The summed E-state index contributed by atoms with van der Waals surface area (Å²) < 4.78 is 1.62. The van der Waals surface area contributed by atoms with Gasteiger partial charge in [-0.2, -0.15) is 0 Å². The molecule has 4 amide bonds. The van der Waals surface area contributed by atoms with Crippen LogP contribution < -0.4 is 16.0 Å². The second-order valence-electron chi connectivity index (χ2n) is 6.40. The van der Waals surface area contributed by atoms with E-state index in [0.29, 0.717) is 11.4 Å². The fourth-order valence-corrected chi connectivity index (χ4v) is 3.16. The Morgan fingerprint density at radius 3 is 2.61 bits per heavy atom. The van der Waals surface area contributed by atoms with E-state index in [1.54, 1.807) is 54.6 Å². The molecule has 1 saturated heterocycles. The number of rotatable bonds is 5. The van der Waals surface area contributed by atoms with Crippen LogP contribution in [0.2, 0.25) is 0 Å². The molecule has 3 heterocycles. The Morgan fingerprint density at radius 1 is 1.25 bits per heavy atom. The van der Waals surface area contributed by atoms with E-state index in [2.05, 4.69) is 30.9 Å². The number of nitrogens with zero attached hydrogens (tertiary/aromatic N) is 3. The average molecular weight is 379 g/mol. The highest BCUT2D eigenvalue weighted by Gasteiger charge is 2.50. The van der Waals surface area contributed by atoms with Crippen molar-refractivity contribution in [2.45, 2.75) is 5.54 Å². The van der Waals surface area contributed by atoms with Crippen molar-refractivity contribution in [2.24, 2.45) is 7.05 Å². The van der Waals surface area contributed by atoms with Crippen molar-refractivity contribution in [2.75, 3.05) is 6.54 Å². The summed E-state index contributed by atoms with van der Waals surface area (Å²) in [5.74, 6) is -0.619. The Kier molecular flexibility index (Phi) is 4.15. The summed E-state index contributed by atoms with van der Waals surface area (Å²) in [6, 6.07) is 6.30. The van der Waals surface area contributed by atoms with Gasteiger partial charge in [0.05, 0.1) is 24.8 Å². The zero-order valence-corrected chi connectivity index (χ0v) is 14.9. The molecule has 1 aliphatic heterocycles. The lowest BCUT2D eigenvalue weighted by atomic mass is 9.98. The van der Waals surface area contributed by atoms with E-state index >= 15 is 0 Å². The molecule has 10 heteroatoms. The molecule has 0 radical (unpaired) electrons. The first kappa shape index (κ1) is 17.5. The van der Waals surface area contributed by atoms with Gasteiger partial charge < -0.3 is 20.2 Å². The molecule has 1 aromatic carbocycles. The summed E-state index contributed by atoms with van der Waals surface area (Å²) in [7, 11) is 1.71. The van der Waals surface area contributed by atoms with Gasteiger partial charge in [-0.1, -0.05) is 12.1 Å². The molecular formula is C18H17N7O3. The number of nitrogens with one attached hydrogen (secondary N) is 4. The molecule has 1 aliphatic rings. The Morgan fingerprint density at radius 2 is 2.04 bits per heavy atom. The fourth-order valence-electron chi connectivity index (χ4n) is 3.16. The third-order valence-corrected chi connectivity index (χ3v) is 4.61. The smallest absolute Gasteiger partial charge is 0.322 e. The van der Waals surface area contributed by atoms with Crippen molar-refractivity contribution in [1.82, 2.24) is 35.5 Å². The Balaban J connectivity index is 1.53. The van der Waals surface area contributed by atoms with Gasteiger partial charge in [0.1, 0.15) is 5.82 Å². The topological polar surface area (TPSA) is 134 Å². The molecule has 0 bridgehead atoms. The predicted molar refractivity (Wildman–Crippen MR) is 97.9 cm³/mol. The zero-order chi connectivity index (χ0) is 19.7. The van der Waals surface area contributed by atoms with Crippen LogP contribution in [0.4, 0.5) is 4.79 Å². The van der Waals surface area contributed by atoms with Crippen LogP contribution in [0.3, 0.4) is 0 Å². The number of carbonyl (C=O) groups excluding carboxylic acids is 3. The van der Waals surface area contributed by atoms with Crippen molar-refractivity contribution in [3.63, 3.8) is 0 Å². The quantitative estimate of drug-likeness (QED) is 0.472. The number of urea groups is 1. The molecule has 0 aliphatic carbocycles. The third-order valence-electron chi connectivity index (χ3n) is 4.61. The van der Waals surface area contributed by atoms with E-state index in [9.17, 15) is 14.4 Å². The highest BCUT2D eigenvalue weighted by molar-refractivity contribution is 6.07. The maximum atomic E-state index is 12.6.